The minimum Gasteiger partial charge on any atom is -0.350 e. The van der Waals surface area contributed by atoms with E-state index in [1.807, 2.05) is 51.1 Å². The summed E-state index contributed by atoms with van der Waals surface area (Å²) in [6, 6.07) is 23.1. The molecule has 37 heavy (non-hydrogen) atoms. The predicted octanol–water partition coefficient (Wildman–Crippen LogP) is 4.98. The van der Waals surface area contributed by atoms with Gasteiger partial charge in [0.2, 0.25) is 11.8 Å². The van der Waals surface area contributed by atoms with Crippen molar-refractivity contribution in [1.82, 2.24) is 10.2 Å². The SMILES string of the molecule is CC(C(=O)NC(C)(C)C)N(Cc1ccccc1)C(=O)CN(c1ccc(Br)cc1)S(=O)(=O)c1ccccc1. The van der Waals surface area contributed by atoms with Crippen LogP contribution in [0.2, 0.25) is 0 Å². The molecule has 0 saturated carbocycles. The number of amides is 2. The van der Waals surface area contributed by atoms with Crippen LogP contribution >= 0.6 is 15.9 Å². The van der Waals surface area contributed by atoms with Crippen molar-refractivity contribution in [1.29, 1.82) is 0 Å². The van der Waals surface area contributed by atoms with Gasteiger partial charge in [-0.1, -0.05) is 64.5 Å². The van der Waals surface area contributed by atoms with Crippen LogP contribution in [0.1, 0.15) is 33.3 Å². The molecule has 0 saturated heterocycles. The maximum atomic E-state index is 13.8. The van der Waals surface area contributed by atoms with Crippen molar-refractivity contribution in [2.45, 2.75) is 50.7 Å². The fourth-order valence-corrected chi connectivity index (χ4v) is 5.39. The molecule has 2 amide bonds. The van der Waals surface area contributed by atoms with E-state index in [2.05, 4.69) is 21.2 Å². The second-order valence-electron chi connectivity index (χ2n) is 9.72. The van der Waals surface area contributed by atoms with E-state index >= 15 is 0 Å². The van der Waals surface area contributed by atoms with Crippen molar-refractivity contribution >= 4 is 43.5 Å². The average Bonchev–Trinajstić information content (AvgIpc) is 2.86. The first-order chi connectivity index (χ1) is 17.4. The highest BCUT2D eigenvalue weighted by molar-refractivity contribution is 9.10. The maximum Gasteiger partial charge on any atom is 0.264 e. The highest BCUT2D eigenvalue weighted by Gasteiger charge is 2.33. The van der Waals surface area contributed by atoms with Crippen LogP contribution in [0.25, 0.3) is 0 Å². The molecule has 0 aromatic heterocycles. The Balaban J connectivity index is 2.00. The number of benzene rings is 3. The molecule has 7 nitrogen and oxygen atoms in total. The number of anilines is 1. The smallest absolute Gasteiger partial charge is 0.264 e. The summed E-state index contributed by atoms with van der Waals surface area (Å²) in [5.74, 6) is -0.819. The Hall–Kier alpha value is -3.17. The Morgan fingerprint density at radius 3 is 1.97 bits per heavy atom. The van der Waals surface area contributed by atoms with Crippen LogP contribution in [-0.4, -0.2) is 43.3 Å². The van der Waals surface area contributed by atoms with Crippen LogP contribution in [0.3, 0.4) is 0 Å². The molecule has 0 aliphatic rings. The molecule has 0 bridgehead atoms. The normalized spacial score (nSPS) is 12.5. The van der Waals surface area contributed by atoms with Gasteiger partial charge in [0.15, 0.2) is 0 Å². The molecule has 0 radical (unpaired) electrons. The lowest BCUT2D eigenvalue weighted by Gasteiger charge is -2.33. The molecule has 1 N–H and O–H groups in total. The number of carbonyl (C=O) groups is 2. The van der Waals surface area contributed by atoms with Gasteiger partial charge in [-0.3, -0.25) is 13.9 Å². The van der Waals surface area contributed by atoms with Gasteiger partial charge in [0.25, 0.3) is 10.0 Å². The third-order valence-corrected chi connectivity index (χ3v) is 7.90. The van der Waals surface area contributed by atoms with Crippen LogP contribution in [-0.2, 0) is 26.2 Å². The molecule has 1 unspecified atom stereocenters. The van der Waals surface area contributed by atoms with Gasteiger partial charge < -0.3 is 10.2 Å². The van der Waals surface area contributed by atoms with Crippen LogP contribution in [0, 0.1) is 0 Å². The summed E-state index contributed by atoms with van der Waals surface area (Å²) < 4.78 is 29.2. The first kappa shape index (κ1) is 28.4. The first-order valence-corrected chi connectivity index (χ1v) is 14.1. The Labute approximate surface area is 227 Å². The highest BCUT2D eigenvalue weighted by Crippen LogP contribution is 2.26. The van der Waals surface area contributed by atoms with Gasteiger partial charge >= 0.3 is 0 Å². The number of sulfonamides is 1. The van der Waals surface area contributed by atoms with Gasteiger partial charge in [-0.2, -0.15) is 0 Å². The Morgan fingerprint density at radius 2 is 1.43 bits per heavy atom. The van der Waals surface area contributed by atoms with E-state index in [1.54, 1.807) is 49.4 Å². The number of carbonyl (C=O) groups excluding carboxylic acids is 2. The summed E-state index contributed by atoms with van der Waals surface area (Å²) in [5.41, 5.74) is 0.673. The molecule has 196 valence electrons. The molecule has 0 aliphatic carbocycles. The Kier molecular flexibility index (Phi) is 9.15. The van der Waals surface area contributed by atoms with E-state index in [0.717, 1.165) is 14.3 Å². The van der Waals surface area contributed by atoms with Crippen molar-refractivity contribution in [3.8, 4) is 0 Å². The van der Waals surface area contributed by atoms with Crippen LogP contribution in [0.5, 0.6) is 0 Å². The highest BCUT2D eigenvalue weighted by atomic mass is 79.9. The third-order valence-electron chi connectivity index (χ3n) is 5.59. The first-order valence-electron chi connectivity index (χ1n) is 11.9. The zero-order valence-electron chi connectivity index (χ0n) is 21.4. The van der Waals surface area contributed by atoms with Crippen LogP contribution in [0.4, 0.5) is 5.69 Å². The Bertz CT molecular complexity index is 1310. The molecule has 3 aromatic carbocycles. The zero-order chi connectivity index (χ0) is 27.2. The minimum absolute atomic E-state index is 0.0684. The molecule has 0 spiro atoms. The van der Waals surface area contributed by atoms with Gasteiger partial charge in [-0.15, -0.1) is 0 Å². The van der Waals surface area contributed by atoms with E-state index in [-0.39, 0.29) is 17.3 Å². The van der Waals surface area contributed by atoms with Gasteiger partial charge in [0.05, 0.1) is 10.6 Å². The Morgan fingerprint density at radius 1 is 0.892 bits per heavy atom. The second-order valence-corrected chi connectivity index (χ2v) is 12.5. The maximum absolute atomic E-state index is 13.8. The molecule has 0 heterocycles. The van der Waals surface area contributed by atoms with E-state index in [9.17, 15) is 18.0 Å². The van der Waals surface area contributed by atoms with E-state index in [0.29, 0.717) is 5.69 Å². The summed E-state index contributed by atoms with van der Waals surface area (Å²) in [5, 5.41) is 2.92. The standard InChI is InChI=1S/C28H32BrN3O4S/c1-21(27(34)30-28(2,3)4)31(19-22-11-7-5-8-12-22)26(33)20-32(24-17-15-23(29)16-18-24)37(35,36)25-13-9-6-10-14-25/h5-18,21H,19-20H2,1-4H3,(H,30,34). The summed E-state index contributed by atoms with van der Waals surface area (Å²) >= 11 is 3.37. The molecule has 9 heteroatoms. The van der Waals surface area contributed by atoms with Gasteiger partial charge in [-0.25, -0.2) is 8.42 Å². The summed E-state index contributed by atoms with van der Waals surface area (Å²) in [6.07, 6.45) is 0. The summed E-state index contributed by atoms with van der Waals surface area (Å²) in [4.78, 5) is 28.4. The third kappa shape index (κ3) is 7.66. The average molecular weight is 587 g/mol. The molecule has 3 rings (SSSR count). The molecular weight excluding hydrogens is 554 g/mol. The van der Waals surface area contributed by atoms with Crippen molar-refractivity contribution in [3.05, 3.63) is 95.0 Å². The minimum atomic E-state index is -4.07. The largest absolute Gasteiger partial charge is 0.350 e. The number of hydrogen-bond acceptors (Lipinski definition) is 4. The molecule has 0 aliphatic heterocycles. The number of halogens is 1. The molecular formula is C28H32BrN3O4S. The lowest BCUT2D eigenvalue weighted by molar-refractivity contribution is -0.140. The summed E-state index contributed by atoms with van der Waals surface area (Å²) in [7, 11) is -4.07. The van der Waals surface area contributed by atoms with Crippen LogP contribution < -0.4 is 9.62 Å². The quantitative estimate of drug-likeness (QED) is 0.384. The van der Waals surface area contributed by atoms with Crippen molar-refractivity contribution < 1.29 is 18.0 Å². The van der Waals surface area contributed by atoms with Crippen LogP contribution in [0.15, 0.2) is 94.3 Å². The van der Waals surface area contributed by atoms with Crippen molar-refractivity contribution in [3.63, 3.8) is 0 Å². The van der Waals surface area contributed by atoms with E-state index < -0.39 is 34.1 Å². The fourth-order valence-electron chi connectivity index (χ4n) is 3.69. The van der Waals surface area contributed by atoms with E-state index in [1.165, 1.54) is 17.0 Å². The lowest BCUT2D eigenvalue weighted by atomic mass is 10.1. The molecule has 1 atom stereocenters. The van der Waals surface area contributed by atoms with Gasteiger partial charge in [-0.05, 0) is 69.7 Å². The number of nitrogens with zero attached hydrogens (tertiary/aromatic N) is 2. The monoisotopic (exact) mass is 585 g/mol. The van der Waals surface area contributed by atoms with Gasteiger partial charge in [0, 0.05) is 16.6 Å². The topological polar surface area (TPSA) is 86.8 Å². The van der Waals surface area contributed by atoms with E-state index in [4.69, 9.17) is 0 Å². The summed E-state index contributed by atoms with van der Waals surface area (Å²) in [6.45, 7) is 6.92. The molecule has 0 fully saturated rings. The lowest BCUT2D eigenvalue weighted by Crippen LogP contribution is -2.54. The van der Waals surface area contributed by atoms with Gasteiger partial charge in [0.1, 0.15) is 12.6 Å². The number of rotatable bonds is 9. The fraction of sp³-hybridized carbons (Fsp3) is 0.286. The van der Waals surface area contributed by atoms with Crippen molar-refractivity contribution in [2.75, 3.05) is 10.8 Å². The predicted molar refractivity (Wildman–Crippen MR) is 149 cm³/mol. The number of hydrogen-bond donors (Lipinski definition) is 1. The zero-order valence-corrected chi connectivity index (χ0v) is 23.8. The van der Waals surface area contributed by atoms with Crippen molar-refractivity contribution in [2.24, 2.45) is 0 Å². The number of nitrogens with one attached hydrogen (secondary N) is 1. The molecule has 3 aromatic rings. The second kappa shape index (κ2) is 11.9.